The number of aromatic nitrogens is 2. The monoisotopic (exact) mass is 534 g/mol. The third-order valence-electron chi connectivity index (χ3n) is 3.88. The Kier molecular flexibility index (Phi) is 7.51. The molecule has 0 bridgehead atoms. The summed E-state index contributed by atoms with van der Waals surface area (Å²) in [6.45, 7) is -0.710. The smallest absolute Gasteiger partial charge is 0.387 e. The molecule has 0 aliphatic heterocycles. The Hall–Kier alpha value is -1.94. The van der Waals surface area contributed by atoms with E-state index in [1.165, 1.54) is 6.07 Å². The zero-order chi connectivity index (χ0) is 21.8. The Morgan fingerprint density at radius 3 is 2.67 bits per heavy atom. The molecule has 1 heterocycles. The molecule has 30 heavy (non-hydrogen) atoms. The van der Waals surface area contributed by atoms with Crippen molar-refractivity contribution in [1.29, 1.82) is 0 Å². The fourth-order valence-corrected chi connectivity index (χ4v) is 3.52. The van der Waals surface area contributed by atoms with Gasteiger partial charge in [-0.1, -0.05) is 35.3 Å². The fraction of sp³-hybridized carbons (Fsp3) is 0.158. The molecule has 0 aliphatic carbocycles. The second kappa shape index (κ2) is 9.91. The van der Waals surface area contributed by atoms with Crippen LogP contribution in [0.5, 0.6) is 5.75 Å². The van der Waals surface area contributed by atoms with Crippen molar-refractivity contribution >= 4 is 68.0 Å². The van der Waals surface area contributed by atoms with Crippen LogP contribution in [0.3, 0.4) is 0 Å². The first-order chi connectivity index (χ1) is 14.2. The number of ether oxygens (including phenoxy) is 1. The van der Waals surface area contributed by atoms with Gasteiger partial charge in [0.15, 0.2) is 10.9 Å². The number of halogens is 5. The highest BCUT2D eigenvalue weighted by molar-refractivity contribution is 9.10. The molecule has 2 aromatic carbocycles. The quantitative estimate of drug-likeness (QED) is 0.343. The molecule has 0 radical (unpaired) electrons. The largest absolute Gasteiger partial charge is 0.433 e. The van der Waals surface area contributed by atoms with Gasteiger partial charge in [-0.3, -0.25) is 4.68 Å². The Morgan fingerprint density at radius 2 is 1.97 bits per heavy atom. The standard InChI is InChI=1S/C19H15BrCl2F2N4OS/c1-10-2-5-15(16(6-10)29-18(23)24)25-19(30)26-17-12(20)9-28(27-17)8-11-3-4-13(21)14(22)7-11/h2-7,9,18H,8H2,1H3,(H2,25,26,27,30). The second-order valence-corrected chi connectivity index (χ2v) is 8.31. The van der Waals surface area contributed by atoms with Crippen LogP contribution in [-0.2, 0) is 6.54 Å². The van der Waals surface area contributed by atoms with E-state index in [1.807, 2.05) is 6.07 Å². The third kappa shape index (κ3) is 6.04. The minimum Gasteiger partial charge on any atom is -0.433 e. The van der Waals surface area contributed by atoms with Crippen LogP contribution in [0, 0.1) is 6.92 Å². The lowest BCUT2D eigenvalue weighted by Crippen LogP contribution is -2.20. The first-order valence-electron chi connectivity index (χ1n) is 8.51. The molecule has 0 spiro atoms. The van der Waals surface area contributed by atoms with E-state index in [9.17, 15) is 8.78 Å². The molecule has 11 heteroatoms. The van der Waals surface area contributed by atoms with Gasteiger partial charge in [-0.25, -0.2) is 0 Å². The number of thiocarbonyl (C=S) groups is 1. The summed E-state index contributed by atoms with van der Waals surface area (Å²) < 4.78 is 32.2. The van der Waals surface area contributed by atoms with Crippen LogP contribution in [0.15, 0.2) is 47.1 Å². The molecule has 0 amide bonds. The molecule has 158 valence electrons. The lowest BCUT2D eigenvalue weighted by atomic mass is 10.2. The summed E-state index contributed by atoms with van der Waals surface area (Å²) in [4.78, 5) is 0. The predicted molar refractivity (Wildman–Crippen MR) is 123 cm³/mol. The fourth-order valence-electron chi connectivity index (χ4n) is 2.58. The highest BCUT2D eigenvalue weighted by Gasteiger charge is 2.13. The Morgan fingerprint density at radius 1 is 1.20 bits per heavy atom. The van der Waals surface area contributed by atoms with Crippen molar-refractivity contribution in [3.05, 3.63) is 68.2 Å². The second-order valence-electron chi connectivity index (χ2n) is 6.23. The minimum absolute atomic E-state index is 0.00152. The molecule has 0 saturated carbocycles. The summed E-state index contributed by atoms with van der Waals surface area (Å²) >= 11 is 20.7. The molecule has 0 fully saturated rings. The maximum atomic E-state index is 12.7. The van der Waals surface area contributed by atoms with E-state index in [4.69, 9.17) is 35.4 Å². The van der Waals surface area contributed by atoms with Crippen LogP contribution in [0.25, 0.3) is 0 Å². The zero-order valence-corrected chi connectivity index (χ0v) is 19.3. The zero-order valence-electron chi connectivity index (χ0n) is 15.4. The number of hydrogen-bond donors (Lipinski definition) is 2. The molecular weight excluding hydrogens is 521 g/mol. The summed E-state index contributed by atoms with van der Waals surface area (Å²) in [5.74, 6) is 0.453. The van der Waals surface area contributed by atoms with Crippen molar-refractivity contribution < 1.29 is 13.5 Å². The van der Waals surface area contributed by atoms with Gasteiger partial charge in [0.25, 0.3) is 0 Å². The van der Waals surface area contributed by atoms with Crippen molar-refractivity contribution in [2.45, 2.75) is 20.1 Å². The summed E-state index contributed by atoms with van der Waals surface area (Å²) in [5.41, 5.74) is 2.00. The van der Waals surface area contributed by atoms with Gasteiger partial charge in [-0.2, -0.15) is 13.9 Å². The first-order valence-corrected chi connectivity index (χ1v) is 10.5. The van der Waals surface area contributed by atoms with Gasteiger partial charge in [0.2, 0.25) is 0 Å². The van der Waals surface area contributed by atoms with Gasteiger partial charge in [-0.05, 0) is 70.5 Å². The highest BCUT2D eigenvalue weighted by atomic mass is 79.9. The van der Waals surface area contributed by atoms with Gasteiger partial charge in [0.1, 0.15) is 5.75 Å². The van der Waals surface area contributed by atoms with Crippen LogP contribution in [0.2, 0.25) is 10.0 Å². The Labute approximate surface area is 195 Å². The van der Waals surface area contributed by atoms with Crippen molar-refractivity contribution in [1.82, 2.24) is 9.78 Å². The number of benzene rings is 2. The van der Waals surface area contributed by atoms with Crippen molar-refractivity contribution in [3.8, 4) is 5.75 Å². The number of rotatable bonds is 6. The number of aryl methyl sites for hydroxylation is 1. The average Bonchev–Trinajstić information content (AvgIpc) is 2.99. The SMILES string of the molecule is Cc1ccc(NC(=S)Nc2nn(Cc3ccc(Cl)c(Cl)c3)cc2Br)c(OC(F)F)c1. The maximum absolute atomic E-state index is 12.7. The molecular formula is C19H15BrCl2F2N4OS. The third-order valence-corrected chi connectivity index (χ3v) is 5.40. The summed E-state index contributed by atoms with van der Waals surface area (Å²) in [5, 5.41) is 11.3. The van der Waals surface area contributed by atoms with E-state index in [1.54, 1.807) is 42.1 Å². The molecule has 0 saturated heterocycles. The van der Waals surface area contributed by atoms with Crippen molar-refractivity contribution in [2.24, 2.45) is 0 Å². The lowest BCUT2D eigenvalue weighted by molar-refractivity contribution is -0.0493. The Balaban J connectivity index is 1.70. The van der Waals surface area contributed by atoms with Gasteiger partial charge in [0.05, 0.1) is 26.8 Å². The molecule has 0 unspecified atom stereocenters. The molecule has 5 nitrogen and oxygen atoms in total. The molecule has 1 aromatic heterocycles. The van der Waals surface area contributed by atoms with E-state index in [2.05, 4.69) is 36.4 Å². The lowest BCUT2D eigenvalue weighted by Gasteiger charge is -2.14. The Bertz CT molecular complexity index is 1080. The topological polar surface area (TPSA) is 51.1 Å². The maximum Gasteiger partial charge on any atom is 0.387 e. The van der Waals surface area contributed by atoms with Gasteiger partial charge >= 0.3 is 6.61 Å². The number of alkyl halides is 2. The summed E-state index contributed by atoms with van der Waals surface area (Å²) in [6, 6.07) is 10.2. The van der Waals surface area contributed by atoms with Crippen LogP contribution >= 0.6 is 51.3 Å². The van der Waals surface area contributed by atoms with Gasteiger partial charge in [0, 0.05) is 6.20 Å². The highest BCUT2D eigenvalue weighted by Crippen LogP contribution is 2.28. The molecule has 3 aromatic rings. The van der Waals surface area contributed by atoms with Gasteiger partial charge in [-0.15, -0.1) is 0 Å². The normalized spacial score (nSPS) is 10.9. The number of hydrogen-bond acceptors (Lipinski definition) is 3. The number of nitrogens with one attached hydrogen (secondary N) is 2. The molecule has 0 aliphatic rings. The van der Waals surface area contributed by atoms with E-state index in [-0.39, 0.29) is 10.9 Å². The summed E-state index contributed by atoms with van der Waals surface area (Å²) in [7, 11) is 0. The van der Waals surface area contributed by atoms with Crippen molar-refractivity contribution in [3.63, 3.8) is 0 Å². The van der Waals surface area contributed by atoms with E-state index >= 15 is 0 Å². The van der Waals surface area contributed by atoms with Crippen LogP contribution < -0.4 is 15.4 Å². The molecule has 3 rings (SSSR count). The van der Waals surface area contributed by atoms with Crippen LogP contribution in [0.1, 0.15) is 11.1 Å². The van der Waals surface area contributed by atoms with E-state index in [0.717, 1.165) is 11.1 Å². The van der Waals surface area contributed by atoms with E-state index < -0.39 is 6.61 Å². The number of anilines is 2. The minimum atomic E-state index is -2.94. The number of nitrogens with zero attached hydrogens (tertiary/aromatic N) is 2. The average molecular weight is 536 g/mol. The predicted octanol–water partition coefficient (Wildman–Crippen LogP) is 6.72. The van der Waals surface area contributed by atoms with Crippen molar-refractivity contribution in [2.75, 3.05) is 10.6 Å². The molecule has 2 N–H and O–H groups in total. The van der Waals surface area contributed by atoms with Crippen LogP contribution in [0.4, 0.5) is 20.3 Å². The van der Waals surface area contributed by atoms with E-state index in [0.29, 0.717) is 32.6 Å². The van der Waals surface area contributed by atoms with Gasteiger partial charge < -0.3 is 15.4 Å². The first kappa shape index (κ1) is 22.7. The molecule has 0 atom stereocenters. The summed E-state index contributed by atoms with van der Waals surface area (Å²) in [6.07, 6.45) is 1.77. The van der Waals surface area contributed by atoms with Crippen LogP contribution in [-0.4, -0.2) is 21.5 Å².